The highest BCUT2D eigenvalue weighted by molar-refractivity contribution is 7.99. The predicted molar refractivity (Wildman–Crippen MR) is 130 cm³/mol. The third kappa shape index (κ3) is 5.01. The molecule has 3 aromatic rings. The van der Waals surface area contributed by atoms with Crippen LogP contribution in [0.25, 0.3) is 10.9 Å². The van der Waals surface area contributed by atoms with Crippen LogP contribution in [0.4, 0.5) is 5.69 Å². The first-order valence-electron chi connectivity index (χ1n) is 10.8. The highest BCUT2D eigenvalue weighted by Crippen LogP contribution is 2.32. The Kier molecular flexibility index (Phi) is 7.21. The van der Waals surface area contributed by atoms with E-state index < -0.39 is 0 Å². The molecule has 1 N–H and O–H groups in total. The number of carbonyl (C=O) groups is 1. The van der Waals surface area contributed by atoms with Crippen molar-refractivity contribution in [1.82, 2.24) is 9.55 Å². The molecule has 31 heavy (non-hydrogen) atoms. The fourth-order valence-electron chi connectivity index (χ4n) is 3.68. The molecule has 1 heterocycles. The van der Waals surface area contributed by atoms with E-state index in [0.29, 0.717) is 27.9 Å². The van der Waals surface area contributed by atoms with Gasteiger partial charge in [-0.05, 0) is 48.9 Å². The summed E-state index contributed by atoms with van der Waals surface area (Å²) in [5.74, 6) is 0.684. The van der Waals surface area contributed by atoms with E-state index in [9.17, 15) is 9.59 Å². The molecule has 3 rings (SSSR count). The summed E-state index contributed by atoms with van der Waals surface area (Å²) in [4.78, 5) is 30.6. The molecule has 0 atom stereocenters. The predicted octanol–water partition coefficient (Wildman–Crippen LogP) is 5.96. The van der Waals surface area contributed by atoms with Gasteiger partial charge in [-0.2, -0.15) is 0 Å². The molecule has 164 valence electrons. The van der Waals surface area contributed by atoms with Gasteiger partial charge in [0, 0.05) is 11.7 Å². The molecule has 0 unspecified atom stereocenters. The smallest absolute Gasteiger partial charge is 0.262 e. The molecule has 0 saturated heterocycles. The highest BCUT2D eigenvalue weighted by Gasteiger charge is 2.18. The summed E-state index contributed by atoms with van der Waals surface area (Å²) >= 11 is 1.30. The summed E-state index contributed by atoms with van der Waals surface area (Å²) in [5.41, 5.74) is 3.75. The monoisotopic (exact) mass is 437 g/mol. The van der Waals surface area contributed by atoms with Crippen molar-refractivity contribution in [1.29, 1.82) is 0 Å². The fourth-order valence-corrected chi connectivity index (χ4v) is 4.61. The number of anilines is 1. The lowest BCUT2D eigenvalue weighted by atomic mass is 9.92. The van der Waals surface area contributed by atoms with Crippen LogP contribution in [-0.2, 0) is 4.79 Å². The van der Waals surface area contributed by atoms with Crippen molar-refractivity contribution < 1.29 is 4.79 Å². The van der Waals surface area contributed by atoms with Crippen molar-refractivity contribution in [3.05, 3.63) is 63.9 Å². The number of benzene rings is 2. The van der Waals surface area contributed by atoms with Gasteiger partial charge in [0.2, 0.25) is 5.91 Å². The van der Waals surface area contributed by atoms with E-state index in [1.165, 1.54) is 11.8 Å². The molecule has 0 aliphatic carbocycles. The van der Waals surface area contributed by atoms with E-state index in [4.69, 9.17) is 0 Å². The normalized spacial score (nSPS) is 11.6. The average Bonchev–Trinajstić information content (AvgIpc) is 2.71. The number of rotatable bonds is 7. The maximum absolute atomic E-state index is 13.0. The van der Waals surface area contributed by atoms with Crippen LogP contribution < -0.4 is 10.9 Å². The molecular weight excluding hydrogens is 406 g/mol. The largest absolute Gasteiger partial charge is 0.325 e. The zero-order valence-corrected chi connectivity index (χ0v) is 19.9. The van der Waals surface area contributed by atoms with Crippen LogP contribution in [0.2, 0.25) is 0 Å². The molecule has 6 heteroatoms. The van der Waals surface area contributed by atoms with Gasteiger partial charge in [0.05, 0.1) is 16.7 Å². The quantitative estimate of drug-likeness (QED) is 0.366. The van der Waals surface area contributed by atoms with Gasteiger partial charge in [0.1, 0.15) is 0 Å². The second-order valence-electron chi connectivity index (χ2n) is 8.64. The third-order valence-electron chi connectivity index (χ3n) is 5.26. The van der Waals surface area contributed by atoms with Gasteiger partial charge in [-0.25, -0.2) is 4.98 Å². The molecule has 5 nitrogen and oxygen atoms in total. The Labute approximate surface area is 188 Å². The van der Waals surface area contributed by atoms with Crippen molar-refractivity contribution in [3.63, 3.8) is 0 Å². The number of amides is 1. The van der Waals surface area contributed by atoms with Gasteiger partial charge in [-0.15, -0.1) is 0 Å². The Balaban J connectivity index is 1.88. The van der Waals surface area contributed by atoms with Crippen LogP contribution >= 0.6 is 11.8 Å². The molecule has 0 spiro atoms. The molecule has 0 bridgehead atoms. The number of para-hydroxylation sites is 2. The number of fused-ring (bicyclic) bond motifs is 1. The number of nitrogens with one attached hydrogen (secondary N) is 1. The van der Waals surface area contributed by atoms with Crippen LogP contribution in [0.1, 0.15) is 70.5 Å². The van der Waals surface area contributed by atoms with Crippen molar-refractivity contribution in [2.24, 2.45) is 0 Å². The van der Waals surface area contributed by atoms with Gasteiger partial charge in [-0.1, -0.05) is 69.8 Å². The molecular formula is C25H31N3O2S. The van der Waals surface area contributed by atoms with Crippen molar-refractivity contribution in [2.75, 3.05) is 11.1 Å². The second-order valence-corrected chi connectivity index (χ2v) is 9.58. The van der Waals surface area contributed by atoms with Crippen molar-refractivity contribution >= 4 is 34.3 Å². The van der Waals surface area contributed by atoms with E-state index >= 15 is 0 Å². The van der Waals surface area contributed by atoms with E-state index in [1.807, 2.05) is 32.0 Å². The number of aromatic nitrogens is 2. The van der Waals surface area contributed by atoms with Gasteiger partial charge in [0.15, 0.2) is 5.16 Å². The van der Waals surface area contributed by atoms with Gasteiger partial charge in [-0.3, -0.25) is 14.2 Å². The SMILES string of the molecule is CC(C)c1cccc(C(C)C)c1NC(=O)CSc1nc2ccccc2c(=O)n1C(C)C. The third-order valence-corrected chi connectivity index (χ3v) is 6.21. The Morgan fingerprint density at radius 1 is 0.968 bits per heavy atom. The number of hydrogen-bond donors (Lipinski definition) is 1. The Morgan fingerprint density at radius 3 is 2.16 bits per heavy atom. The van der Waals surface area contributed by atoms with E-state index in [-0.39, 0.29) is 23.3 Å². The standard InChI is InChI=1S/C25H31N3O2S/c1-15(2)18-11-9-12-19(16(3)4)23(18)27-22(29)14-31-25-26-21-13-8-7-10-20(21)24(30)28(25)17(5)6/h7-13,15-17H,14H2,1-6H3,(H,27,29). The lowest BCUT2D eigenvalue weighted by Crippen LogP contribution is -2.26. The molecule has 0 aliphatic heterocycles. The minimum atomic E-state index is -0.0993. The first-order valence-corrected chi connectivity index (χ1v) is 11.8. The number of hydrogen-bond acceptors (Lipinski definition) is 4. The lowest BCUT2D eigenvalue weighted by Gasteiger charge is -2.20. The first kappa shape index (κ1) is 23.1. The van der Waals surface area contributed by atoms with Crippen LogP contribution in [-0.4, -0.2) is 21.2 Å². The van der Waals surface area contributed by atoms with Crippen molar-refractivity contribution in [3.8, 4) is 0 Å². The van der Waals surface area contributed by atoms with Crippen LogP contribution in [0.3, 0.4) is 0 Å². The van der Waals surface area contributed by atoms with Crippen LogP contribution in [0.5, 0.6) is 0 Å². The summed E-state index contributed by atoms with van der Waals surface area (Å²) in [7, 11) is 0. The Hall–Kier alpha value is -2.60. The minimum Gasteiger partial charge on any atom is -0.325 e. The topological polar surface area (TPSA) is 64.0 Å². The van der Waals surface area contributed by atoms with Gasteiger partial charge < -0.3 is 5.32 Å². The fraction of sp³-hybridized carbons (Fsp3) is 0.400. The summed E-state index contributed by atoms with van der Waals surface area (Å²) in [5, 5.41) is 4.30. The molecule has 0 aliphatic rings. The lowest BCUT2D eigenvalue weighted by molar-refractivity contribution is -0.113. The van der Waals surface area contributed by atoms with Crippen LogP contribution in [0.15, 0.2) is 52.4 Å². The Bertz CT molecular complexity index is 1120. The van der Waals surface area contributed by atoms with Gasteiger partial charge in [0.25, 0.3) is 5.56 Å². The minimum absolute atomic E-state index is 0.0515. The van der Waals surface area contributed by atoms with E-state index in [2.05, 4.69) is 56.2 Å². The zero-order chi connectivity index (χ0) is 22.7. The summed E-state index contributed by atoms with van der Waals surface area (Å²) in [6, 6.07) is 13.5. The summed E-state index contributed by atoms with van der Waals surface area (Å²) in [6.07, 6.45) is 0. The van der Waals surface area contributed by atoms with Crippen molar-refractivity contribution in [2.45, 2.75) is 64.6 Å². The Morgan fingerprint density at radius 2 is 1.58 bits per heavy atom. The molecule has 1 amide bonds. The highest BCUT2D eigenvalue weighted by atomic mass is 32.2. The molecule has 0 fully saturated rings. The average molecular weight is 438 g/mol. The second kappa shape index (κ2) is 9.69. The first-order chi connectivity index (χ1) is 14.7. The molecule has 1 aromatic heterocycles. The van der Waals surface area contributed by atoms with Crippen LogP contribution in [0, 0.1) is 0 Å². The maximum Gasteiger partial charge on any atom is 0.262 e. The molecule has 2 aromatic carbocycles. The number of thioether (sulfide) groups is 1. The zero-order valence-electron chi connectivity index (χ0n) is 19.1. The number of nitrogens with zero attached hydrogens (tertiary/aromatic N) is 2. The summed E-state index contributed by atoms with van der Waals surface area (Å²) in [6.45, 7) is 12.4. The molecule has 0 radical (unpaired) electrons. The van der Waals surface area contributed by atoms with Gasteiger partial charge >= 0.3 is 0 Å². The maximum atomic E-state index is 13.0. The summed E-state index contributed by atoms with van der Waals surface area (Å²) < 4.78 is 1.67. The molecule has 0 saturated carbocycles. The number of carbonyl (C=O) groups excluding carboxylic acids is 1. The van der Waals surface area contributed by atoms with E-state index in [1.54, 1.807) is 10.6 Å². The van der Waals surface area contributed by atoms with E-state index in [0.717, 1.165) is 16.8 Å².